The van der Waals surface area contributed by atoms with Gasteiger partial charge in [-0.1, -0.05) is 20.4 Å². The molecule has 2 aliphatic heterocycles. The van der Waals surface area contributed by atoms with Crippen LogP contribution in [-0.4, -0.2) is 32.6 Å². The zero-order valence-electron chi connectivity index (χ0n) is 8.67. The van der Waals surface area contributed by atoms with Crippen molar-refractivity contribution in [3.05, 3.63) is 12.2 Å². The summed E-state index contributed by atoms with van der Waals surface area (Å²) in [6, 6.07) is 0. The lowest BCUT2D eigenvalue weighted by molar-refractivity contribution is -0.528. The summed E-state index contributed by atoms with van der Waals surface area (Å²) >= 11 is 0. The predicted molar refractivity (Wildman–Crippen MR) is 49.5 cm³/mol. The van der Waals surface area contributed by atoms with Gasteiger partial charge in [-0.05, 0) is 5.57 Å². The van der Waals surface area contributed by atoms with E-state index in [-0.39, 0.29) is 5.41 Å². The van der Waals surface area contributed by atoms with Gasteiger partial charge in [0.2, 0.25) is 0 Å². The Balaban J connectivity index is 1.96. The average Bonchev–Trinajstić information content (AvgIpc) is 2.16. The molecule has 80 valence electrons. The number of hydrogen-bond donors (Lipinski definition) is 0. The van der Waals surface area contributed by atoms with Crippen LogP contribution in [0.4, 0.5) is 0 Å². The van der Waals surface area contributed by atoms with Gasteiger partial charge in [-0.2, -0.15) is 0 Å². The fourth-order valence-corrected chi connectivity index (χ4v) is 1.28. The van der Waals surface area contributed by atoms with Crippen molar-refractivity contribution in [3.8, 4) is 0 Å². The van der Waals surface area contributed by atoms with Crippen LogP contribution < -0.4 is 0 Å². The second-order valence-electron chi connectivity index (χ2n) is 4.57. The van der Waals surface area contributed by atoms with Crippen molar-refractivity contribution in [1.29, 1.82) is 0 Å². The highest BCUT2D eigenvalue weighted by Crippen LogP contribution is 2.33. The van der Waals surface area contributed by atoms with Crippen LogP contribution in [0.2, 0.25) is 0 Å². The molecular formula is C10H16O4. The van der Waals surface area contributed by atoms with Crippen molar-refractivity contribution >= 4 is 0 Å². The molecule has 0 aromatic heterocycles. The summed E-state index contributed by atoms with van der Waals surface area (Å²) in [5.41, 5.74) is 0.916. The molecule has 0 radical (unpaired) electrons. The van der Waals surface area contributed by atoms with Gasteiger partial charge in [0.25, 0.3) is 0 Å². The van der Waals surface area contributed by atoms with E-state index in [0.717, 1.165) is 5.57 Å². The first-order valence-corrected chi connectivity index (χ1v) is 4.74. The maximum absolute atomic E-state index is 5.46. The minimum absolute atomic E-state index is 0.0203. The average molecular weight is 200 g/mol. The minimum Gasteiger partial charge on any atom is -0.303 e. The fraction of sp³-hybridized carbons (Fsp3) is 0.800. The molecule has 0 aromatic carbocycles. The Hall–Kier alpha value is -0.420. The molecule has 0 unspecified atom stereocenters. The van der Waals surface area contributed by atoms with E-state index >= 15 is 0 Å². The second kappa shape index (κ2) is 3.31. The summed E-state index contributed by atoms with van der Waals surface area (Å²) < 4.78 is 21.6. The number of hydrogen-bond acceptors (Lipinski definition) is 4. The molecule has 2 fully saturated rings. The standard InChI is InChI=1S/C10H16O4/c1-8-4-11-10(12-5-8)13-6-9(2,3)7-14-10/h1,4-7H2,2-3H3. The maximum Gasteiger partial charge on any atom is 0.413 e. The first-order chi connectivity index (χ1) is 6.52. The second-order valence-corrected chi connectivity index (χ2v) is 4.57. The molecule has 0 bridgehead atoms. The van der Waals surface area contributed by atoms with E-state index in [9.17, 15) is 0 Å². The SMILES string of the molecule is C=C1COC2(OC1)OCC(C)(C)CO2. The summed E-state index contributed by atoms with van der Waals surface area (Å²) in [5.74, 6) is 0. The van der Waals surface area contributed by atoms with Crippen LogP contribution in [0.25, 0.3) is 0 Å². The lowest BCUT2D eigenvalue weighted by Gasteiger charge is -2.43. The topological polar surface area (TPSA) is 36.9 Å². The van der Waals surface area contributed by atoms with E-state index in [0.29, 0.717) is 26.4 Å². The number of ether oxygens (including phenoxy) is 4. The van der Waals surface area contributed by atoms with E-state index in [1.807, 2.05) is 0 Å². The summed E-state index contributed by atoms with van der Waals surface area (Å²) in [4.78, 5) is 0. The van der Waals surface area contributed by atoms with Crippen molar-refractivity contribution in [2.45, 2.75) is 20.0 Å². The largest absolute Gasteiger partial charge is 0.413 e. The molecule has 14 heavy (non-hydrogen) atoms. The Bertz CT molecular complexity index is 225. The van der Waals surface area contributed by atoms with Crippen molar-refractivity contribution in [2.24, 2.45) is 5.41 Å². The Morgan fingerprint density at radius 2 is 1.50 bits per heavy atom. The molecule has 2 aliphatic rings. The van der Waals surface area contributed by atoms with E-state index in [4.69, 9.17) is 18.9 Å². The smallest absolute Gasteiger partial charge is 0.303 e. The van der Waals surface area contributed by atoms with Gasteiger partial charge in [0, 0.05) is 5.41 Å². The van der Waals surface area contributed by atoms with Gasteiger partial charge in [0.15, 0.2) is 0 Å². The van der Waals surface area contributed by atoms with Gasteiger partial charge >= 0.3 is 6.16 Å². The normalized spacial score (nSPS) is 30.6. The highest BCUT2D eigenvalue weighted by Gasteiger charge is 2.45. The molecule has 0 saturated carbocycles. The van der Waals surface area contributed by atoms with Gasteiger partial charge in [-0.25, -0.2) is 0 Å². The molecule has 0 aromatic rings. The van der Waals surface area contributed by atoms with Gasteiger partial charge in [-0.15, -0.1) is 0 Å². The third-order valence-electron chi connectivity index (χ3n) is 2.19. The molecule has 0 aliphatic carbocycles. The minimum atomic E-state index is -1.27. The predicted octanol–water partition coefficient (Wildman–Crippen LogP) is 1.27. The molecule has 0 N–H and O–H groups in total. The fourth-order valence-electron chi connectivity index (χ4n) is 1.28. The summed E-state index contributed by atoms with van der Waals surface area (Å²) in [5, 5.41) is 0. The molecule has 0 amide bonds. The highest BCUT2D eigenvalue weighted by atomic mass is 17.0. The molecule has 2 heterocycles. The van der Waals surface area contributed by atoms with Crippen molar-refractivity contribution in [3.63, 3.8) is 0 Å². The van der Waals surface area contributed by atoms with Crippen LogP contribution in [0.5, 0.6) is 0 Å². The lowest BCUT2D eigenvalue weighted by atomic mass is 9.96. The third kappa shape index (κ3) is 1.98. The Labute approximate surface area is 83.8 Å². The molecule has 1 spiro atoms. The molecule has 0 atom stereocenters. The van der Waals surface area contributed by atoms with Gasteiger partial charge in [0.1, 0.15) is 0 Å². The molecule has 4 heteroatoms. The van der Waals surface area contributed by atoms with E-state index < -0.39 is 6.16 Å². The Kier molecular flexibility index (Phi) is 2.39. The first kappa shape index (κ1) is 10.1. The van der Waals surface area contributed by atoms with Crippen LogP contribution in [-0.2, 0) is 18.9 Å². The molecule has 2 saturated heterocycles. The monoisotopic (exact) mass is 200 g/mol. The van der Waals surface area contributed by atoms with E-state index in [1.165, 1.54) is 0 Å². The maximum atomic E-state index is 5.46. The van der Waals surface area contributed by atoms with Crippen molar-refractivity contribution in [1.82, 2.24) is 0 Å². The lowest BCUT2D eigenvalue weighted by Crippen LogP contribution is -2.53. The molecular weight excluding hydrogens is 184 g/mol. The Morgan fingerprint density at radius 3 is 2.00 bits per heavy atom. The summed E-state index contributed by atoms with van der Waals surface area (Å²) in [7, 11) is 0. The zero-order valence-corrected chi connectivity index (χ0v) is 8.67. The highest BCUT2D eigenvalue weighted by molar-refractivity contribution is 4.96. The first-order valence-electron chi connectivity index (χ1n) is 4.74. The quantitative estimate of drug-likeness (QED) is 0.552. The van der Waals surface area contributed by atoms with Crippen LogP contribution in [0.1, 0.15) is 13.8 Å². The summed E-state index contributed by atoms with van der Waals surface area (Å²) in [6.07, 6.45) is -1.27. The van der Waals surface area contributed by atoms with Crippen molar-refractivity contribution in [2.75, 3.05) is 26.4 Å². The van der Waals surface area contributed by atoms with Crippen LogP contribution in [0.3, 0.4) is 0 Å². The van der Waals surface area contributed by atoms with Crippen molar-refractivity contribution < 1.29 is 18.9 Å². The van der Waals surface area contributed by atoms with Gasteiger partial charge in [0.05, 0.1) is 26.4 Å². The van der Waals surface area contributed by atoms with E-state index in [1.54, 1.807) is 0 Å². The van der Waals surface area contributed by atoms with Crippen LogP contribution in [0, 0.1) is 5.41 Å². The summed E-state index contributed by atoms with van der Waals surface area (Å²) in [6.45, 7) is 9.90. The zero-order chi connectivity index (χ0) is 10.2. The van der Waals surface area contributed by atoms with Gasteiger partial charge < -0.3 is 9.47 Å². The van der Waals surface area contributed by atoms with Crippen LogP contribution in [0.15, 0.2) is 12.2 Å². The van der Waals surface area contributed by atoms with E-state index in [2.05, 4.69) is 20.4 Å². The van der Waals surface area contributed by atoms with Crippen LogP contribution >= 0.6 is 0 Å². The molecule has 2 rings (SSSR count). The molecule has 4 nitrogen and oxygen atoms in total. The Morgan fingerprint density at radius 1 is 1.00 bits per heavy atom. The van der Waals surface area contributed by atoms with Gasteiger partial charge in [-0.3, -0.25) is 9.47 Å². The third-order valence-corrected chi connectivity index (χ3v) is 2.19. The number of rotatable bonds is 0.